The number of ether oxygens (including phenoxy) is 1. The van der Waals surface area contributed by atoms with Gasteiger partial charge in [-0.1, -0.05) is 18.6 Å². The fourth-order valence-corrected chi connectivity index (χ4v) is 2.59. The summed E-state index contributed by atoms with van der Waals surface area (Å²) in [5.74, 6) is 0.671. The van der Waals surface area contributed by atoms with Gasteiger partial charge in [0.15, 0.2) is 5.60 Å². The summed E-state index contributed by atoms with van der Waals surface area (Å²) in [5, 5.41) is 19.5. The van der Waals surface area contributed by atoms with Crippen molar-refractivity contribution in [3.05, 3.63) is 29.8 Å². The van der Waals surface area contributed by atoms with Crippen LogP contribution in [0.3, 0.4) is 0 Å². The zero-order chi connectivity index (χ0) is 12.3. The van der Waals surface area contributed by atoms with Crippen LogP contribution in [0, 0.1) is 11.3 Å². The highest BCUT2D eigenvalue weighted by Gasteiger charge is 2.40. The van der Waals surface area contributed by atoms with Crippen LogP contribution in [0.5, 0.6) is 5.75 Å². The smallest absolute Gasteiger partial charge is 0.157 e. The zero-order valence-corrected chi connectivity index (χ0v) is 10.0. The SMILES string of the molecule is COc1cccc(C2CCCCC2(O)C#N)c1. The van der Waals surface area contributed by atoms with Crippen LogP contribution in [0.15, 0.2) is 24.3 Å². The first kappa shape index (κ1) is 11.9. The summed E-state index contributed by atoms with van der Waals surface area (Å²) in [4.78, 5) is 0. The molecule has 90 valence electrons. The van der Waals surface area contributed by atoms with E-state index in [0.29, 0.717) is 6.42 Å². The number of benzene rings is 1. The zero-order valence-electron chi connectivity index (χ0n) is 10.0. The maximum atomic E-state index is 10.4. The molecule has 1 aromatic rings. The fourth-order valence-electron chi connectivity index (χ4n) is 2.59. The van der Waals surface area contributed by atoms with Gasteiger partial charge in [-0.05, 0) is 37.0 Å². The molecule has 3 nitrogen and oxygen atoms in total. The van der Waals surface area contributed by atoms with Crippen LogP contribution in [-0.4, -0.2) is 17.8 Å². The van der Waals surface area contributed by atoms with Crippen molar-refractivity contribution in [2.24, 2.45) is 0 Å². The lowest BCUT2D eigenvalue weighted by molar-refractivity contribution is 0.0361. The number of rotatable bonds is 2. The third-order valence-corrected chi connectivity index (χ3v) is 3.57. The van der Waals surface area contributed by atoms with E-state index in [-0.39, 0.29) is 5.92 Å². The molecule has 1 aromatic carbocycles. The molecular formula is C14H17NO2. The van der Waals surface area contributed by atoms with Gasteiger partial charge in [-0.25, -0.2) is 0 Å². The van der Waals surface area contributed by atoms with Crippen LogP contribution in [-0.2, 0) is 0 Å². The lowest BCUT2D eigenvalue weighted by Crippen LogP contribution is -2.37. The van der Waals surface area contributed by atoms with E-state index in [0.717, 1.165) is 30.6 Å². The van der Waals surface area contributed by atoms with Gasteiger partial charge in [0.1, 0.15) is 5.75 Å². The summed E-state index contributed by atoms with van der Waals surface area (Å²) < 4.78 is 5.18. The third kappa shape index (κ3) is 2.27. The van der Waals surface area contributed by atoms with Gasteiger partial charge in [-0.15, -0.1) is 0 Å². The number of nitrogens with zero attached hydrogens (tertiary/aromatic N) is 1. The molecule has 1 saturated carbocycles. The molecule has 17 heavy (non-hydrogen) atoms. The maximum absolute atomic E-state index is 10.4. The van der Waals surface area contributed by atoms with Crippen molar-refractivity contribution >= 4 is 0 Å². The number of methoxy groups -OCH3 is 1. The Morgan fingerprint density at radius 1 is 1.47 bits per heavy atom. The number of hydrogen-bond donors (Lipinski definition) is 1. The van der Waals surface area contributed by atoms with Crippen molar-refractivity contribution in [1.82, 2.24) is 0 Å². The predicted molar refractivity (Wildman–Crippen MR) is 64.8 cm³/mol. The standard InChI is InChI=1S/C14H17NO2/c1-17-12-6-4-5-11(9-12)13-7-2-3-8-14(13,16)10-15/h4-6,9,13,16H,2-3,7-8H2,1H3. The molecule has 1 aliphatic rings. The van der Waals surface area contributed by atoms with Crippen LogP contribution >= 0.6 is 0 Å². The van der Waals surface area contributed by atoms with Gasteiger partial charge in [-0.3, -0.25) is 0 Å². The second kappa shape index (κ2) is 4.77. The van der Waals surface area contributed by atoms with Crippen molar-refractivity contribution < 1.29 is 9.84 Å². The second-order valence-corrected chi connectivity index (χ2v) is 4.61. The first-order valence-corrected chi connectivity index (χ1v) is 5.97. The average Bonchev–Trinajstić information content (AvgIpc) is 2.39. The van der Waals surface area contributed by atoms with Gasteiger partial charge < -0.3 is 9.84 Å². The summed E-state index contributed by atoms with van der Waals surface area (Å²) in [5.41, 5.74) is -0.224. The monoisotopic (exact) mass is 231 g/mol. The van der Waals surface area contributed by atoms with Crippen molar-refractivity contribution in [2.75, 3.05) is 7.11 Å². The topological polar surface area (TPSA) is 53.2 Å². The molecule has 0 saturated heterocycles. The van der Waals surface area contributed by atoms with Crippen LogP contribution in [0.25, 0.3) is 0 Å². The largest absolute Gasteiger partial charge is 0.497 e. The van der Waals surface area contributed by atoms with E-state index in [1.54, 1.807) is 7.11 Å². The van der Waals surface area contributed by atoms with Gasteiger partial charge >= 0.3 is 0 Å². The van der Waals surface area contributed by atoms with E-state index < -0.39 is 5.60 Å². The van der Waals surface area contributed by atoms with Gasteiger partial charge in [0.25, 0.3) is 0 Å². The Hall–Kier alpha value is -1.53. The molecule has 1 fully saturated rings. The van der Waals surface area contributed by atoms with E-state index >= 15 is 0 Å². The summed E-state index contributed by atoms with van der Waals surface area (Å²) >= 11 is 0. The summed E-state index contributed by atoms with van der Waals surface area (Å²) in [6, 6.07) is 9.73. The van der Waals surface area contributed by atoms with Gasteiger partial charge in [0, 0.05) is 5.92 Å². The van der Waals surface area contributed by atoms with Gasteiger partial charge in [0.2, 0.25) is 0 Å². The van der Waals surface area contributed by atoms with Crippen LogP contribution in [0.2, 0.25) is 0 Å². The third-order valence-electron chi connectivity index (χ3n) is 3.57. The Kier molecular flexibility index (Phi) is 3.35. The minimum atomic E-state index is -1.22. The maximum Gasteiger partial charge on any atom is 0.157 e. The molecule has 0 aromatic heterocycles. The summed E-state index contributed by atoms with van der Waals surface area (Å²) in [7, 11) is 1.62. The van der Waals surface area contributed by atoms with Crippen LogP contribution < -0.4 is 4.74 Å². The lowest BCUT2D eigenvalue weighted by Gasteiger charge is -2.34. The molecule has 0 bridgehead atoms. The van der Waals surface area contributed by atoms with Crippen molar-refractivity contribution in [2.45, 2.75) is 37.2 Å². The van der Waals surface area contributed by atoms with Crippen LogP contribution in [0.4, 0.5) is 0 Å². The molecule has 3 heteroatoms. The van der Waals surface area contributed by atoms with Crippen molar-refractivity contribution in [1.29, 1.82) is 5.26 Å². The second-order valence-electron chi connectivity index (χ2n) is 4.61. The number of aliphatic hydroxyl groups is 1. The van der Waals surface area contributed by atoms with E-state index in [2.05, 4.69) is 6.07 Å². The highest BCUT2D eigenvalue weighted by molar-refractivity contribution is 5.34. The molecule has 0 spiro atoms. The minimum absolute atomic E-state index is 0.101. The fraction of sp³-hybridized carbons (Fsp3) is 0.500. The quantitative estimate of drug-likeness (QED) is 0.796. The Balaban J connectivity index is 2.33. The Morgan fingerprint density at radius 3 is 3.00 bits per heavy atom. The predicted octanol–water partition coefficient (Wildman–Crippen LogP) is 2.61. The molecular weight excluding hydrogens is 214 g/mol. The van der Waals surface area contributed by atoms with E-state index in [4.69, 9.17) is 4.74 Å². The molecule has 0 amide bonds. The first-order valence-electron chi connectivity index (χ1n) is 5.97. The number of hydrogen-bond acceptors (Lipinski definition) is 3. The van der Waals surface area contributed by atoms with Gasteiger partial charge in [0.05, 0.1) is 13.2 Å². The molecule has 1 N–H and O–H groups in total. The number of nitriles is 1. The molecule has 2 rings (SSSR count). The molecule has 0 radical (unpaired) electrons. The molecule has 2 unspecified atom stereocenters. The average molecular weight is 231 g/mol. The Labute approximate surface area is 102 Å². The normalized spacial score (nSPS) is 28.4. The molecule has 0 aliphatic heterocycles. The highest BCUT2D eigenvalue weighted by atomic mass is 16.5. The van der Waals surface area contributed by atoms with E-state index in [9.17, 15) is 10.4 Å². The minimum Gasteiger partial charge on any atom is -0.497 e. The molecule has 0 heterocycles. The summed E-state index contributed by atoms with van der Waals surface area (Å²) in [6.07, 6.45) is 3.40. The van der Waals surface area contributed by atoms with E-state index in [1.807, 2.05) is 24.3 Å². The van der Waals surface area contributed by atoms with E-state index in [1.165, 1.54) is 0 Å². The highest BCUT2D eigenvalue weighted by Crippen LogP contribution is 2.41. The molecule has 1 aliphatic carbocycles. The van der Waals surface area contributed by atoms with Crippen molar-refractivity contribution in [3.8, 4) is 11.8 Å². The first-order chi connectivity index (χ1) is 8.19. The van der Waals surface area contributed by atoms with Crippen molar-refractivity contribution in [3.63, 3.8) is 0 Å². The molecule has 2 atom stereocenters. The van der Waals surface area contributed by atoms with Gasteiger partial charge in [-0.2, -0.15) is 5.26 Å². The summed E-state index contributed by atoms with van der Waals surface area (Å²) in [6.45, 7) is 0. The Bertz CT molecular complexity index is 438. The Morgan fingerprint density at radius 2 is 2.29 bits per heavy atom. The van der Waals surface area contributed by atoms with Crippen LogP contribution in [0.1, 0.15) is 37.2 Å². The lowest BCUT2D eigenvalue weighted by atomic mass is 9.73.